The van der Waals surface area contributed by atoms with Gasteiger partial charge in [-0.15, -0.1) is 0 Å². The third-order valence-electron chi connectivity index (χ3n) is 3.56. The molecule has 1 heterocycles. The van der Waals surface area contributed by atoms with Gasteiger partial charge in [-0.05, 0) is 44.0 Å². The van der Waals surface area contributed by atoms with Crippen LogP contribution in [0.15, 0.2) is 24.3 Å². The number of ether oxygens (including phenoxy) is 1. The molecule has 21 heavy (non-hydrogen) atoms. The summed E-state index contributed by atoms with van der Waals surface area (Å²) in [5.41, 5.74) is 0. The summed E-state index contributed by atoms with van der Waals surface area (Å²) in [5.74, 6) is -1.60. The normalized spacial score (nSPS) is 19.9. The standard InChI is InChI=1S/C15H18FNO4/c1-10(21-13-6-4-12(16)5-7-13)14(18)17-8-2-3-11(9-17)15(19)20/h4-7,10-11H,2-3,8-9H2,1H3,(H,19,20)/t10?,11-/m0/s1. The molecule has 1 aromatic carbocycles. The molecule has 0 aliphatic carbocycles. The fourth-order valence-electron chi connectivity index (χ4n) is 2.40. The SMILES string of the molecule is CC(Oc1ccc(F)cc1)C(=O)N1CCC[C@H](C(=O)O)C1. The van der Waals surface area contributed by atoms with E-state index in [9.17, 15) is 14.0 Å². The smallest absolute Gasteiger partial charge is 0.308 e. The number of hydrogen-bond donors (Lipinski definition) is 1. The van der Waals surface area contributed by atoms with E-state index < -0.39 is 18.0 Å². The van der Waals surface area contributed by atoms with E-state index in [0.29, 0.717) is 25.1 Å². The molecule has 1 saturated heterocycles. The van der Waals surface area contributed by atoms with Gasteiger partial charge in [-0.1, -0.05) is 0 Å². The highest BCUT2D eigenvalue weighted by molar-refractivity contribution is 5.82. The lowest BCUT2D eigenvalue weighted by Gasteiger charge is -2.32. The van der Waals surface area contributed by atoms with E-state index in [4.69, 9.17) is 9.84 Å². The van der Waals surface area contributed by atoms with Crippen molar-refractivity contribution in [3.05, 3.63) is 30.1 Å². The molecule has 114 valence electrons. The quantitative estimate of drug-likeness (QED) is 0.921. The molecule has 1 unspecified atom stereocenters. The third kappa shape index (κ3) is 3.93. The molecule has 0 radical (unpaired) electrons. The number of piperidine rings is 1. The maximum atomic E-state index is 12.8. The molecule has 0 saturated carbocycles. The summed E-state index contributed by atoms with van der Waals surface area (Å²) in [6.45, 7) is 2.36. The highest BCUT2D eigenvalue weighted by Gasteiger charge is 2.30. The lowest BCUT2D eigenvalue weighted by atomic mass is 9.98. The highest BCUT2D eigenvalue weighted by Crippen LogP contribution is 2.19. The summed E-state index contributed by atoms with van der Waals surface area (Å²) in [4.78, 5) is 24.8. The van der Waals surface area contributed by atoms with E-state index in [0.717, 1.165) is 0 Å². The first-order chi connectivity index (χ1) is 9.97. The van der Waals surface area contributed by atoms with Gasteiger partial charge >= 0.3 is 5.97 Å². The number of nitrogens with zero attached hydrogens (tertiary/aromatic N) is 1. The fourth-order valence-corrected chi connectivity index (χ4v) is 2.40. The Bertz CT molecular complexity index is 517. The summed E-state index contributed by atoms with van der Waals surface area (Å²) in [7, 11) is 0. The van der Waals surface area contributed by atoms with Crippen LogP contribution >= 0.6 is 0 Å². The summed E-state index contributed by atoms with van der Waals surface area (Å²) in [6, 6.07) is 5.42. The van der Waals surface area contributed by atoms with E-state index in [1.54, 1.807) is 6.92 Å². The molecular formula is C15H18FNO4. The number of carbonyl (C=O) groups is 2. The van der Waals surface area contributed by atoms with Crippen molar-refractivity contribution in [1.29, 1.82) is 0 Å². The van der Waals surface area contributed by atoms with Crippen molar-refractivity contribution in [3.63, 3.8) is 0 Å². The Balaban J connectivity index is 1.95. The molecule has 1 N–H and O–H groups in total. The number of carbonyl (C=O) groups excluding carboxylic acids is 1. The monoisotopic (exact) mass is 295 g/mol. The predicted octanol–water partition coefficient (Wildman–Crippen LogP) is 1.92. The van der Waals surface area contributed by atoms with Crippen LogP contribution in [-0.2, 0) is 9.59 Å². The van der Waals surface area contributed by atoms with E-state index in [-0.39, 0.29) is 18.3 Å². The minimum Gasteiger partial charge on any atom is -0.481 e. The van der Waals surface area contributed by atoms with E-state index >= 15 is 0 Å². The second-order valence-corrected chi connectivity index (χ2v) is 5.18. The highest BCUT2D eigenvalue weighted by atomic mass is 19.1. The van der Waals surface area contributed by atoms with Crippen molar-refractivity contribution < 1.29 is 23.8 Å². The van der Waals surface area contributed by atoms with Crippen LogP contribution in [0.5, 0.6) is 5.75 Å². The number of aliphatic carboxylic acids is 1. The first kappa shape index (κ1) is 15.3. The van der Waals surface area contributed by atoms with Gasteiger partial charge in [0.1, 0.15) is 11.6 Å². The Kier molecular flexibility index (Phi) is 4.77. The third-order valence-corrected chi connectivity index (χ3v) is 3.56. The Morgan fingerprint density at radius 3 is 2.67 bits per heavy atom. The molecule has 1 fully saturated rings. The number of hydrogen-bond acceptors (Lipinski definition) is 3. The van der Waals surface area contributed by atoms with Crippen molar-refractivity contribution in [2.45, 2.75) is 25.9 Å². The zero-order valence-corrected chi connectivity index (χ0v) is 11.8. The average Bonchev–Trinajstić information content (AvgIpc) is 2.49. The van der Waals surface area contributed by atoms with Crippen LogP contribution in [0.4, 0.5) is 4.39 Å². The lowest BCUT2D eigenvalue weighted by molar-refractivity contribution is -0.147. The summed E-state index contributed by atoms with van der Waals surface area (Å²) in [6.07, 6.45) is 0.529. The molecule has 1 aliphatic heterocycles. The molecule has 5 nitrogen and oxygen atoms in total. The Labute approximate surface area is 122 Å². The van der Waals surface area contributed by atoms with Crippen LogP contribution in [0, 0.1) is 11.7 Å². The van der Waals surface area contributed by atoms with Crippen LogP contribution < -0.4 is 4.74 Å². The average molecular weight is 295 g/mol. The van der Waals surface area contributed by atoms with Crippen molar-refractivity contribution in [2.75, 3.05) is 13.1 Å². The van der Waals surface area contributed by atoms with Crippen LogP contribution in [0.3, 0.4) is 0 Å². The van der Waals surface area contributed by atoms with Crippen molar-refractivity contribution >= 4 is 11.9 Å². The maximum Gasteiger partial charge on any atom is 0.308 e. The maximum absolute atomic E-state index is 12.8. The van der Waals surface area contributed by atoms with Gasteiger partial charge in [0.2, 0.25) is 0 Å². The second kappa shape index (κ2) is 6.56. The summed E-state index contributed by atoms with van der Waals surface area (Å²) >= 11 is 0. The Morgan fingerprint density at radius 2 is 2.05 bits per heavy atom. The van der Waals surface area contributed by atoms with Crippen LogP contribution in [0.25, 0.3) is 0 Å². The minimum atomic E-state index is -0.875. The molecule has 2 atom stereocenters. The van der Waals surface area contributed by atoms with Crippen molar-refractivity contribution in [2.24, 2.45) is 5.92 Å². The molecule has 0 bridgehead atoms. The van der Waals surface area contributed by atoms with E-state index in [1.807, 2.05) is 0 Å². The van der Waals surface area contributed by atoms with Gasteiger partial charge in [-0.3, -0.25) is 9.59 Å². The zero-order valence-electron chi connectivity index (χ0n) is 11.8. The molecule has 1 aliphatic rings. The van der Waals surface area contributed by atoms with Gasteiger partial charge in [-0.25, -0.2) is 4.39 Å². The second-order valence-electron chi connectivity index (χ2n) is 5.18. The van der Waals surface area contributed by atoms with Crippen LogP contribution in [-0.4, -0.2) is 41.1 Å². The minimum absolute atomic E-state index is 0.214. The van der Waals surface area contributed by atoms with Crippen LogP contribution in [0.2, 0.25) is 0 Å². The van der Waals surface area contributed by atoms with Gasteiger partial charge in [0.25, 0.3) is 5.91 Å². The Hall–Kier alpha value is -2.11. The number of likely N-dealkylation sites (tertiary alicyclic amines) is 1. The molecule has 1 aromatic rings. The first-order valence-electron chi connectivity index (χ1n) is 6.91. The molecule has 2 rings (SSSR count). The van der Waals surface area contributed by atoms with Gasteiger partial charge in [0, 0.05) is 13.1 Å². The van der Waals surface area contributed by atoms with Gasteiger partial charge < -0.3 is 14.7 Å². The number of halogens is 1. The predicted molar refractivity (Wildman–Crippen MR) is 73.4 cm³/mol. The molecule has 0 spiro atoms. The number of carboxylic acid groups (broad SMARTS) is 1. The topological polar surface area (TPSA) is 66.8 Å². The lowest BCUT2D eigenvalue weighted by Crippen LogP contribution is -2.47. The zero-order chi connectivity index (χ0) is 15.4. The van der Waals surface area contributed by atoms with Crippen LogP contribution in [0.1, 0.15) is 19.8 Å². The van der Waals surface area contributed by atoms with Gasteiger partial charge in [-0.2, -0.15) is 0 Å². The largest absolute Gasteiger partial charge is 0.481 e. The number of rotatable bonds is 4. The number of carboxylic acids is 1. The summed E-state index contributed by atoms with van der Waals surface area (Å²) in [5, 5.41) is 9.03. The number of benzene rings is 1. The molecule has 0 aromatic heterocycles. The first-order valence-corrected chi connectivity index (χ1v) is 6.91. The van der Waals surface area contributed by atoms with Crippen molar-refractivity contribution in [3.8, 4) is 5.75 Å². The molecule has 1 amide bonds. The number of amides is 1. The van der Waals surface area contributed by atoms with Gasteiger partial charge in [0.15, 0.2) is 6.10 Å². The molecular weight excluding hydrogens is 277 g/mol. The van der Waals surface area contributed by atoms with Crippen molar-refractivity contribution in [1.82, 2.24) is 4.90 Å². The van der Waals surface area contributed by atoms with Gasteiger partial charge in [0.05, 0.1) is 5.92 Å². The fraction of sp³-hybridized carbons (Fsp3) is 0.467. The molecule has 6 heteroatoms. The Morgan fingerprint density at radius 1 is 1.38 bits per heavy atom. The van der Waals surface area contributed by atoms with E-state index in [2.05, 4.69) is 0 Å². The van der Waals surface area contributed by atoms with E-state index in [1.165, 1.54) is 29.2 Å². The summed E-state index contributed by atoms with van der Waals surface area (Å²) < 4.78 is 18.3.